The Morgan fingerprint density at radius 2 is 1.76 bits per heavy atom. The topological polar surface area (TPSA) is 68.9 Å². The van der Waals surface area contributed by atoms with Crippen molar-refractivity contribution in [2.24, 2.45) is 0 Å². The van der Waals surface area contributed by atoms with Gasteiger partial charge in [-0.1, -0.05) is 54.1 Å². The van der Waals surface area contributed by atoms with Crippen LogP contribution in [0.5, 0.6) is 0 Å². The summed E-state index contributed by atoms with van der Waals surface area (Å²) >= 11 is 5.92. The number of benzene rings is 3. The first kappa shape index (κ1) is 21.9. The average Bonchev–Trinajstić information content (AvgIpc) is 3.14. The molecule has 0 aliphatic carbocycles. The zero-order chi connectivity index (χ0) is 23.7. The summed E-state index contributed by atoms with van der Waals surface area (Å²) in [6.07, 6.45) is 1.47. The smallest absolute Gasteiger partial charge is 0.278 e. The van der Waals surface area contributed by atoms with Gasteiger partial charge in [0.05, 0.1) is 18.4 Å². The van der Waals surface area contributed by atoms with Crippen LogP contribution in [-0.2, 0) is 24.4 Å². The molecular weight excluding hydrogens is 455 g/mol. The highest BCUT2D eigenvalue weighted by Gasteiger charge is 2.19. The maximum Gasteiger partial charge on any atom is 0.278 e. The van der Waals surface area contributed by atoms with Gasteiger partial charge >= 0.3 is 0 Å². The molecule has 2 aromatic heterocycles. The van der Waals surface area contributed by atoms with Gasteiger partial charge in [0.1, 0.15) is 23.4 Å². The predicted octanol–water partition coefficient (Wildman–Crippen LogP) is 4.51. The van der Waals surface area contributed by atoms with Gasteiger partial charge in [0.25, 0.3) is 5.56 Å². The van der Waals surface area contributed by atoms with Crippen molar-refractivity contribution in [1.82, 2.24) is 19.4 Å². The second kappa shape index (κ2) is 9.11. The van der Waals surface area contributed by atoms with E-state index >= 15 is 0 Å². The van der Waals surface area contributed by atoms with Crippen LogP contribution < -0.4 is 10.9 Å². The number of nitrogens with one attached hydrogen (secondary N) is 1. The molecule has 0 aliphatic heterocycles. The molecule has 34 heavy (non-hydrogen) atoms. The molecule has 0 saturated heterocycles. The number of hydrogen-bond donors (Lipinski definition) is 1. The van der Waals surface area contributed by atoms with Crippen LogP contribution in [-0.4, -0.2) is 20.0 Å². The number of nitrogens with zero attached hydrogens (tertiary/aromatic N) is 3. The number of fused-ring (bicyclic) bond motifs is 3. The Morgan fingerprint density at radius 1 is 1.00 bits per heavy atom. The van der Waals surface area contributed by atoms with E-state index in [1.807, 2.05) is 42.5 Å². The van der Waals surface area contributed by atoms with Crippen LogP contribution in [0.1, 0.15) is 11.1 Å². The quantitative estimate of drug-likeness (QED) is 0.394. The molecule has 0 saturated carbocycles. The Morgan fingerprint density at radius 3 is 2.53 bits per heavy atom. The number of rotatable bonds is 6. The Labute approximate surface area is 199 Å². The summed E-state index contributed by atoms with van der Waals surface area (Å²) in [4.78, 5) is 30.8. The monoisotopic (exact) mass is 474 g/mol. The Balaban J connectivity index is 1.53. The van der Waals surface area contributed by atoms with E-state index in [0.717, 1.165) is 11.1 Å². The van der Waals surface area contributed by atoms with Crippen molar-refractivity contribution < 1.29 is 9.18 Å². The zero-order valence-electron chi connectivity index (χ0n) is 18.0. The standard InChI is InChI=1S/C26H20ClFN4O2/c27-19-8-6-17(7-9-19)13-29-23(33)15-32-22-11-10-20(28)12-21(22)24-25(32)26(34)31(16-30-24)14-18-4-2-1-3-5-18/h1-12,16H,13-15H2,(H,29,33). The maximum atomic E-state index is 14.0. The van der Waals surface area contributed by atoms with E-state index in [0.29, 0.717) is 34.5 Å². The first-order chi connectivity index (χ1) is 16.5. The lowest BCUT2D eigenvalue weighted by Gasteiger charge is -2.10. The molecule has 8 heteroatoms. The van der Waals surface area contributed by atoms with Crippen molar-refractivity contribution in [3.05, 3.63) is 111 Å². The minimum Gasteiger partial charge on any atom is -0.350 e. The molecule has 0 fully saturated rings. The van der Waals surface area contributed by atoms with E-state index in [4.69, 9.17) is 11.6 Å². The molecule has 0 bridgehead atoms. The fourth-order valence-corrected chi connectivity index (χ4v) is 4.16. The van der Waals surface area contributed by atoms with Crippen molar-refractivity contribution >= 4 is 39.4 Å². The zero-order valence-corrected chi connectivity index (χ0v) is 18.8. The molecule has 3 aromatic carbocycles. The van der Waals surface area contributed by atoms with Crippen LogP contribution in [0.3, 0.4) is 0 Å². The van der Waals surface area contributed by atoms with Crippen LogP contribution in [0.4, 0.5) is 4.39 Å². The molecule has 6 nitrogen and oxygen atoms in total. The second-order valence-electron chi connectivity index (χ2n) is 8.01. The van der Waals surface area contributed by atoms with Gasteiger partial charge in [-0.15, -0.1) is 0 Å². The van der Waals surface area contributed by atoms with E-state index in [1.165, 1.54) is 23.0 Å². The lowest BCUT2D eigenvalue weighted by atomic mass is 10.2. The first-order valence-corrected chi connectivity index (χ1v) is 11.1. The Hall–Kier alpha value is -3.97. The molecule has 0 spiro atoms. The molecule has 170 valence electrons. The van der Waals surface area contributed by atoms with E-state index in [1.54, 1.807) is 22.8 Å². The molecule has 5 rings (SSSR count). The summed E-state index contributed by atoms with van der Waals surface area (Å²) in [6, 6.07) is 20.9. The van der Waals surface area contributed by atoms with Gasteiger partial charge in [-0.3, -0.25) is 14.2 Å². The third-order valence-electron chi connectivity index (χ3n) is 5.69. The predicted molar refractivity (Wildman–Crippen MR) is 130 cm³/mol. The normalized spacial score (nSPS) is 11.2. The molecule has 0 atom stereocenters. The summed E-state index contributed by atoms with van der Waals surface area (Å²) in [6.45, 7) is 0.547. The van der Waals surface area contributed by atoms with Gasteiger partial charge < -0.3 is 9.88 Å². The third kappa shape index (κ3) is 4.30. The van der Waals surface area contributed by atoms with E-state index in [9.17, 15) is 14.0 Å². The molecule has 0 unspecified atom stereocenters. The van der Waals surface area contributed by atoms with Crippen LogP contribution in [0.25, 0.3) is 21.9 Å². The number of carbonyl (C=O) groups is 1. The van der Waals surface area contributed by atoms with Gasteiger partial charge in [-0.2, -0.15) is 0 Å². The number of aromatic nitrogens is 3. The first-order valence-electron chi connectivity index (χ1n) is 10.7. The third-order valence-corrected chi connectivity index (χ3v) is 5.94. The Bertz CT molecular complexity index is 1560. The molecule has 5 aromatic rings. The number of hydrogen-bond acceptors (Lipinski definition) is 3. The lowest BCUT2D eigenvalue weighted by Crippen LogP contribution is -2.29. The highest BCUT2D eigenvalue weighted by atomic mass is 35.5. The Kier molecular flexibility index (Phi) is 5.86. The fraction of sp³-hybridized carbons (Fsp3) is 0.115. The summed E-state index contributed by atoms with van der Waals surface area (Å²) < 4.78 is 17.1. The van der Waals surface area contributed by atoms with E-state index in [-0.39, 0.29) is 23.5 Å². The SMILES string of the molecule is O=C(Cn1c2ccc(F)cc2c2ncn(Cc3ccccc3)c(=O)c21)NCc1ccc(Cl)cc1. The number of halogens is 2. The van der Waals surface area contributed by atoms with Gasteiger partial charge in [-0.05, 0) is 41.5 Å². The van der Waals surface area contributed by atoms with Gasteiger partial charge in [0.2, 0.25) is 5.91 Å². The molecule has 2 heterocycles. The summed E-state index contributed by atoms with van der Waals surface area (Å²) in [7, 11) is 0. The lowest BCUT2D eigenvalue weighted by molar-refractivity contribution is -0.121. The summed E-state index contributed by atoms with van der Waals surface area (Å²) in [5, 5.41) is 3.97. The molecule has 0 aliphatic rings. The highest BCUT2D eigenvalue weighted by Crippen LogP contribution is 2.26. The molecule has 0 radical (unpaired) electrons. The minimum atomic E-state index is -0.436. The van der Waals surface area contributed by atoms with Crippen LogP contribution in [0, 0.1) is 5.82 Å². The summed E-state index contributed by atoms with van der Waals surface area (Å²) in [5.74, 6) is -0.718. The van der Waals surface area contributed by atoms with Crippen molar-refractivity contribution in [2.75, 3.05) is 0 Å². The molecular formula is C26H20ClFN4O2. The van der Waals surface area contributed by atoms with Crippen molar-refractivity contribution in [3.63, 3.8) is 0 Å². The van der Waals surface area contributed by atoms with Crippen LogP contribution in [0.15, 0.2) is 83.9 Å². The largest absolute Gasteiger partial charge is 0.350 e. The fourth-order valence-electron chi connectivity index (χ4n) is 4.03. The van der Waals surface area contributed by atoms with Gasteiger partial charge in [-0.25, -0.2) is 9.37 Å². The van der Waals surface area contributed by atoms with Crippen LogP contribution in [0.2, 0.25) is 5.02 Å². The number of amides is 1. The van der Waals surface area contributed by atoms with E-state index in [2.05, 4.69) is 10.3 Å². The minimum absolute atomic E-state index is 0.106. The van der Waals surface area contributed by atoms with E-state index < -0.39 is 5.82 Å². The maximum absolute atomic E-state index is 14.0. The second-order valence-corrected chi connectivity index (χ2v) is 8.45. The van der Waals surface area contributed by atoms with Crippen LogP contribution >= 0.6 is 11.6 Å². The van der Waals surface area contributed by atoms with Gasteiger partial charge in [0.15, 0.2) is 0 Å². The highest BCUT2D eigenvalue weighted by molar-refractivity contribution is 6.30. The van der Waals surface area contributed by atoms with Crippen molar-refractivity contribution in [2.45, 2.75) is 19.6 Å². The summed E-state index contributed by atoms with van der Waals surface area (Å²) in [5.41, 5.74) is 2.75. The molecule has 1 amide bonds. The molecule has 1 N–H and O–H groups in total. The van der Waals surface area contributed by atoms with Crippen molar-refractivity contribution in [1.29, 1.82) is 0 Å². The van der Waals surface area contributed by atoms with Gasteiger partial charge in [0, 0.05) is 17.0 Å². The van der Waals surface area contributed by atoms with Crippen molar-refractivity contribution in [3.8, 4) is 0 Å². The average molecular weight is 475 g/mol. The number of carbonyl (C=O) groups excluding carboxylic acids is 1.